The smallest absolute Gasteiger partial charge is 0.264 e. The highest BCUT2D eigenvalue weighted by Crippen LogP contribution is 2.34. The summed E-state index contributed by atoms with van der Waals surface area (Å²) in [6.45, 7) is 5.62. The van der Waals surface area contributed by atoms with Crippen LogP contribution in [0, 0.1) is 5.92 Å². The van der Waals surface area contributed by atoms with E-state index >= 15 is 0 Å². The van der Waals surface area contributed by atoms with Gasteiger partial charge in [-0.15, -0.1) is 0 Å². The molecule has 3 aromatic carbocycles. The van der Waals surface area contributed by atoms with E-state index in [1.165, 1.54) is 37.3 Å². The molecule has 0 aliphatic heterocycles. The van der Waals surface area contributed by atoms with Crippen LogP contribution in [0.5, 0.6) is 11.5 Å². The van der Waals surface area contributed by atoms with Gasteiger partial charge in [0.1, 0.15) is 12.6 Å². The predicted molar refractivity (Wildman–Crippen MR) is 164 cm³/mol. The largest absolute Gasteiger partial charge is 0.493 e. The van der Waals surface area contributed by atoms with Gasteiger partial charge >= 0.3 is 0 Å². The molecule has 0 aromatic heterocycles. The third-order valence-corrected chi connectivity index (χ3v) is 8.79. The monoisotopic (exact) mass is 615 g/mol. The summed E-state index contributed by atoms with van der Waals surface area (Å²) in [7, 11) is -1.31. The molecule has 3 aromatic rings. The lowest BCUT2D eigenvalue weighted by atomic mass is 10.1. The van der Waals surface area contributed by atoms with Gasteiger partial charge in [-0.1, -0.05) is 68.8 Å². The third kappa shape index (κ3) is 7.95. The van der Waals surface area contributed by atoms with Crippen LogP contribution in [-0.4, -0.2) is 58.5 Å². The Morgan fingerprint density at radius 1 is 0.929 bits per heavy atom. The number of hydrogen-bond acceptors (Lipinski definition) is 6. The Labute approximate surface area is 253 Å². The fourth-order valence-electron chi connectivity index (χ4n) is 4.38. The fraction of sp³-hybridized carbons (Fsp3) is 0.355. The Kier molecular flexibility index (Phi) is 11.6. The van der Waals surface area contributed by atoms with Crippen LogP contribution in [0.4, 0.5) is 5.69 Å². The number of nitrogens with one attached hydrogen (secondary N) is 1. The van der Waals surface area contributed by atoms with Crippen molar-refractivity contribution in [2.45, 2.75) is 44.7 Å². The van der Waals surface area contributed by atoms with E-state index in [0.717, 1.165) is 4.31 Å². The molecule has 0 bridgehead atoms. The molecule has 0 fully saturated rings. The normalized spacial score (nSPS) is 12.0. The van der Waals surface area contributed by atoms with Crippen LogP contribution in [0.3, 0.4) is 0 Å². The van der Waals surface area contributed by atoms with Crippen molar-refractivity contribution >= 4 is 39.1 Å². The highest BCUT2D eigenvalue weighted by atomic mass is 35.5. The molecular weight excluding hydrogens is 578 g/mol. The number of hydrogen-bond donors (Lipinski definition) is 1. The lowest BCUT2D eigenvalue weighted by molar-refractivity contribution is -0.140. The van der Waals surface area contributed by atoms with Crippen molar-refractivity contribution in [2.24, 2.45) is 5.92 Å². The van der Waals surface area contributed by atoms with Gasteiger partial charge < -0.3 is 19.7 Å². The SMILES string of the molecule is CCC(C(=O)NCC(C)C)N(Cc1ccccc1Cl)C(=O)CN(c1ccc(OC)c(OC)c1)S(=O)(=O)c1ccccc1. The molecule has 9 nitrogen and oxygen atoms in total. The zero-order valence-corrected chi connectivity index (χ0v) is 26.1. The van der Waals surface area contributed by atoms with Crippen LogP contribution >= 0.6 is 11.6 Å². The van der Waals surface area contributed by atoms with Gasteiger partial charge in [0.15, 0.2) is 11.5 Å². The van der Waals surface area contributed by atoms with E-state index in [1.54, 1.807) is 61.5 Å². The van der Waals surface area contributed by atoms with Crippen molar-refractivity contribution in [3.63, 3.8) is 0 Å². The van der Waals surface area contributed by atoms with Gasteiger partial charge in [-0.3, -0.25) is 13.9 Å². The fourth-order valence-corrected chi connectivity index (χ4v) is 6.00. The summed E-state index contributed by atoms with van der Waals surface area (Å²) < 4.78 is 39.7. The molecule has 226 valence electrons. The third-order valence-electron chi connectivity index (χ3n) is 6.63. The van der Waals surface area contributed by atoms with Gasteiger partial charge in [-0.25, -0.2) is 8.42 Å². The summed E-state index contributed by atoms with van der Waals surface area (Å²) in [6, 6.07) is 18.6. The number of methoxy groups -OCH3 is 2. The quantitative estimate of drug-likeness (QED) is 0.270. The summed E-state index contributed by atoms with van der Waals surface area (Å²) in [4.78, 5) is 28.9. The van der Waals surface area contributed by atoms with Crippen LogP contribution in [0.25, 0.3) is 0 Å². The second kappa shape index (κ2) is 14.9. The lowest BCUT2D eigenvalue weighted by Gasteiger charge is -2.33. The zero-order chi connectivity index (χ0) is 30.9. The molecule has 1 atom stereocenters. The molecule has 0 spiro atoms. The van der Waals surface area contributed by atoms with Gasteiger partial charge in [0.25, 0.3) is 10.0 Å². The van der Waals surface area contributed by atoms with E-state index < -0.39 is 28.5 Å². The van der Waals surface area contributed by atoms with Gasteiger partial charge in [0.05, 0.1) is 24.8 Å². The van der Waals surface area contributed by atoms with Crippen LogP contribution in [0.2, 0.25) is 5.02 Å². The molecule has 3 rings (SSSR count). The van der Waals surface area contributed by atoms with Crippen molar-refractivity contribution in [3.05, 3.63) is 83.4 Å². The van der Waals surface area contributed by atoms with Crippen molar-refractivity contribution in [2.75, 3.05) is 31.6 Å². The first kappa shape index (κ1) is 32.8. The predicted octanol–water partition coefficient (Wildman–Crippen LogP) is 5.13. The minimum Gasteiger partial charge on any atom is -0.493 e. The summed E-state index contributed by atoms with van der Waals surface area (Å²) in [5.41, 5.74) is 0.825. The Balaban J connectivity index is 2.10. The van der Waals surface area contributed by atoms with E-state index in [4.69, 9.17) is 21.1 Å². The number of halogens is 1. The zero-order valence-electron chi connectivity index (χ0n) is 24.5. The number of anilines is 1. The highest BCUT2D eigenvalue weighted by Gasteiger charge is 2.34. The van der Waals surface area contributed by atoms with Crippen molar-refractivity contribution < 1.29 is 27.5 Å². The van der Waals surface area contributed by atoms with E-state index in [2.05, 4.69) is 5.32 Å². The maximum absolute atomic E-state index is 14.2. The lowest BCUT2D eigenvalue weighted by Crippen LogP contribution is -2.52. The number of amides is 2. The van der Waals surface area contributed by atoms with Gasteiger partial charge in [0, 0.05) is 24.2 Å². The molecular formula is C31H38ClN3O6S. The van der Waals surface area contributed by atoms with Crippen LogP contribution in [0.15, 0.2) is 77.7 Å². The standard InChI is InChI=1S/C31H38ClN3O6S/c1-6-27(31(37)33-19-22(2)3)34(20-23-12-10-11-15-26(23)32)30(36)21-35(42(38,39)25-13-8-7-9-14-25)24-16-17-28(40-4)29(18-24)41-5/h7-18,22,27H,6,19-21H2,1-5H3,(H,33,37). The first-order valence-corrected chi connectivity index (χ1v) is 15.5. The molecule has 2 amide bonds. The van der Waals surface area contributed by atoms with Crippen molar-refractivity contribution in [1.29, 1.82) is 0 Å². The van der Waals surface area contributed by atoms with Crippen LogP contribution in [-0.2, 0) is 26.2 Å². The van der Waals surface area contributed by atoms with Crippen LogP contribution in [0.1, 0.15) is 32.8 Å². The van der Waals surface area contributed by atoms with E-state index in [0.29, 0.717) is 35.1 Å². The Bertz CT molecular complexity index is 1470. The average molecular weight is 616 g/mol. The molecule has 0 heterocycles. The minimum atomic E-state index is -4.22. The topological polar surface area (TPSA) is 105 Å². The Hall–Kier alpha value is -3.76. The molecule has 1 unspecified atom stereocenters. The second-order valence-corrected chi connectivity index (χ2v) is 12.3. The van der Waals surface area contributed by atoms with Crippen LogP contribution < -0.4 is 19.1 Å². The van der Waals surface area contributed by atoms with E-state index in [-0.39, 0.29) is 29.0 Å². The Morgan fingerprint density at radius 3 is 2.17 bits per heavy atom. The number of nitrogens with zero attached hydrogens (tertiary/aromatic N) is 2. The first-order chi connectivity index (χ1) is 20.0. The summed E-state index contributed by atoms with van der Waals surface area (Å²) >= 11 is 6.45. The molecule has 0 radical (unpaired) electrons. The molecule has 11 heteroatoms. The molecule has 0 aliphatic rings. The summed E-state index contributed by atoms with van der Waals surface area (Å²) in [5.74, 6) is 0.00247. The maximum atomic E-state index is 14.2. The number of carbonyl (C=O) groups is 2. The number of rotatable bonds is 14. The van der Waals surface area contributed by atoms with Gasteiger partial charge in [-0.05, 0) is 48.2 Å². The second-order valence-electron chi connectivity index (χ2n) is 10.0. The van der Waals surface area contributed by atoms with E-state index in [9.17, 15) is 18.0 Å². The maximum Gasteiger partial charge on any atom is 0.264 e. The number of sulfonamides is 1. The Morgan fingerprint density at radius 2 is 1.57 bits per heavy atom. The minimum absolute atomic E-state index is 0.00644. The molecule has 0 aliphatic carbocycles. The van der Waals surface area contributed by atoms with E-state index in [1.807, 2.05) is 13.8 Å². The van der Waals surface area contributed by atoms with Gasteiger partial charge in [-0.2, -0.15) is 0 Å². The summed E-state index contributed by atoms with van der Waals surface area (Å²) in [5, 5.41) is 3.34. The first-order valence-electron chi connectivity index (χ1n) is 13.6. The molecule has 0 saturated heterocycles. The summed E-state index contributed by atoms with van der Waals surface area (Å²) in [6.07, 6.45) is 0.307. The van der Waals surface area contributed by atoms with Crippen molar-refractivity contribution in [3.8, 4) is 11.5 Å². The average Bonchev–Trinajstić information content (AvgIpc) is 2.99. The molecule has 1 N–H and O–H groups in total. The van der Waals surface area contributed by atoms with Crippen molar-refractivity contribution in [1.82, 2.24) is 10.2 Å². The molecule has 0 saturated carbocycles. The number of carbonyl (C=O) groups excluding carboxylic acids is 2. The number of benzene rings is 3. The highest BCUT2D eigenvalue weighted by molar-refractivity contribution is 7.92. The van der Waals surface area contributed by atoms with Gasteiger partial charge in [0.2, 0.25) is 11.8 Å². The number of ether oxygens (including phenoxy) is 2. The molecule has 42 heavy (non-hydrogen) atoms.